The van der Waals surface area contributed by atoms with E-state index in [1.54, 1.807) is 4.90 Å². The van der Waals surface area contributed by atoms with E-state index in [0.717, 1.165) is 0 Å². The van der Waals surface area contributed by atoms with Gasteiger partial charge in [-0.15, -0.1) is 0 Å². The summed E-state index contributed by atoms with van der Waals surface area (Å²) in [5.74, 6) is -0.344. The number of hydrogen-bond acceptors (Lipinski definition) is 5. The summed E-state index contributed by atoms with van der Waals surface area (Å²) in [4.78, 5) is 1.79. The van der Waals surface area contributed by atoms with Crippen LogP contribution in [0.15, 0.2) is 0 Å². The van der Waals surface area contributed by atoms with Gasteiger partial charge in [0.2, 0.25) is 0 Å². The molecule has 0 unspecified atom stereocenters. The van der Waals surface area contributed by atoms with E-state index in [9.17, 15) is 14.8 Å². The molecule has 1 aliphatic heterocycles. The zero-order valence-corrected chi connectivity index (χ0v) is 8.60. The average molecular weight is 219 g/mol. The molecule has 0 radical (unpaired) electrons. The van der Waals surface area contributed by atoms with Gasteiger partial charge in [-0.3, -0.25) is 0 Å². The Balaban J connectivity index is 2.56. The number of likely N-dealkylation sites (tertiary alicyclic amines) is 1. The van der Waals surface area contributed by atoms with Crippen molar-refractivity contribution in [3.05, 3.63) is 0 Å². The summed E-state index contributed by atoms with van der Waals surface area (Å²) in [7, 11) is -0.165. The Kier molecular flexibility index (Phi) is 4.82. The van der Waals surface area contributed by atoms with E-state index in [2.05, 4.69) is 5.63 Å². The Bertz CT molecular complexity index is 278. The molecule has 1 saturated heterocycles. The van der Waals surface area contributed by atoms with E-state index >= 15 is 0 Å². The van der Waals surface area contributed by atoms with Gasteiger partial charge in [0.25, 0.3) is 0 Å². The van der Waals surface area contributed by atoms with Crippen molar-refractivity contribution in [1.29, 1.82) is 0 Å². The van der Waals surface area contributed by atoms with Crippen LogP contribution in [0.2, 0.25) is 0 Å². The first-order valence-electron chi connectivity index (χ1n) is 4.43. The van der Waals surface area contributed by atoms with E-state index in [-0.39, 0.29) is 20.4 Å². The van der Waals surface area contributed by atoms with Crippen molar-refractivity contribution in [3.8, 4) is 5.63 Å². The molecule has 1 fully saturated rings. The van der Waals surface area contributed by atoms with Crippen LogP contribution >= 0.6 is 7.92 Å². The molecule has 3 N–H and O–H groups in total. The summed E-state index contributed by atoms with van der Waals surface area (Å²) in [5, 5.41) is 27.8. The number of nitrogens with zero attached hydrogens (tertiary/aromatic N) is 1. The van der Waals surface area contributed by atoms with E-state index in [1.807, 2.05) is 0 Å². The third-order valence-electron chi connectivity index (χ3n) is 2.41. The standard InChI is InChI=1S/C8H14NO4P/c10-5-6-3-9(1-2-14-13)4-7(11)8(6)12/h6-8,10-12H,1,3-5H2/t6-,7-,8-/m1/s1. The minimum atomic E-state index is -0.874. The predicted molar refractivity (Wildman–Crippen MR) is 50.5 cm³/mol. The van der Waals surface area contributed by atoms with Crippen molar-refractivity contribution in [2.24, 2.45) is 5.92 Å². The van der Waals surface area contributed by atoms with Gasteiger partial charge in [-0.05, 0) is 0 Å². The normalized spacial score (nSPS) is 33.8. The SMILES string of the molecule is O=P#CCN1C[C@H](CO)[C@@H](O)[C@H](O)C1. The van der Waals surface area contributed by atoms with Crippen molar-refractivity contribution in [1.82, 2.24) is 4.90 Å². The van der Waals surface area contributed by atoms with Crippen molar-refractivity contribution < 1.29 is 19.9 Å². The quantitative estimate of drug-likeness (QED) is 0.513. The number of β-amino-alcohol motifs (C(OH)–C–C–N with tert-alkyl or cyclic N) is 1. The zero-order valence-electron chi connectivity index (χ0n) is 7.70. The van der Waals surface area contributed by atoms with Crippen LogP contribution in [-0.2, 0) is 4.57 Å². The fraction of sp³-hybridized carbons (Fsp3) is 0.875. The Morgan fingerprint density at radius 1 is 1.43 bits per heavy atom. The second kappa shape index (κ2) is 5.66. The van der Waals surface area contributed by atoms with E-state index in [0.29, 0.717) is 19.6 Å². The molecule has 0 amide bonds. The molecule has 1 aliphatic rings. The predicted octanol–water partition coefficient (Wildman–Crippen LogP) is -1.12. The van der Waals surface area contributed by atoms with Crippen LogP contribution < -0.4 is 0 Å². The van der Waals surface area contributed by atoms with E-state index < -0.39 is 12.2 Å². The van der Waals surface area contributed by atoms with Crippen LogP contribution in [-0.4, -0.2) is 58.7 Å². The summed E-state index contributed by atoms with van der Waals surface area (Å²) in [5.41, 5.74) is 2.57. The molecule has 5 nitrogen and oxygen atoms in total. The Hall–Kier alpha value is -0.150. The molecule has 0 spiro atoms. The molecule has 80 valence electrons. The molecular weight excluding hydrogens is 205 g/mol. The molecule has 0 saturated carbocycles. The maximum absolute atomic E-state index is 10.1. The van der Waals surface area contributed by atoms with Gasteiger partial charge in [-0.25, -0.2) is 0 Å². The third-order valence-corrected chi connectivity index (χ3v) is 2.68. The average Bonchev–Trinajstić information content (AvgIpc) is 2.19. The van der Waals surface area contributed by atoms with Gasteiger partial charge in [0.15, 0.2) is 0 Å². The Labute approximate surface area is 83.5 Å². The summed E-state index contributed by atoms with van der Waals surface area (Å²) < 4.78 is 10.1. The topological polar surface area (TPSA) is 81.0 Å². The molecule has 0 bridgehead atoms. The first kappa shape index (κ1) is 11.9. The van der Waals surface area contributed by atoms with Crippen molar-refractivity contribution in [2.75, 3.05) is 26.2 Å². The summed E-state index contributed by atoms with van der Waals surface area (Å²) >= 11 is 0. The van der Waals surface area contributed by atoms with E-state index in [1.165, 1.54) is 0 Å². The molecule has 0 aromatic heterocycles. The molecule has 6 heteroatoms. The second-order valence-corrected chi connectivity index (χ2v) is 3.94. The fourth-order valence-electron chi connectivity index (χ4n) is 1.62. The molecule has 1 heterocycles. The molecular formula is C8H14NO4P. The van der Waals surface area contributed by atoms with Crippen LogP contribution in [0.3, 0.4) is 0 Å². The molecule has 1 rings (SSSR count). The van der Waals surface area contributed by atoms with Gasteiger partial charge in [-0.2, -0.15) is 0 Å². The molecule has 0 aromatic carbocycles. The van der Waals surface area contributed by atoms with E-state index in [4.69, 9.17) is 5.11 Å². The van der Waals surface area contributed by atoms with Crippen LogP contribution in [0.25, 0.3) is 0 Å². The molecule has 0 aromatic rings. The Morgan fingerprint density at radius 2 is 2.14 bits per heavy atom. The molecule has 14 heavy (non-hydrogen) atoms. The number of aliphatic hydroxyl groups excluding tert-OH is 3. The third kappa shape index (κ3) is 2.92. The van der Waals surface area contributed by atoms with Crippen molar-refractivity contribution in [2.45, 2.75) is 12.2 Å². The first-order valence-corrected chi connectivity index (χ1v) is 5.24. The second-order valence-electron chi connectivity index (χ2n) is 3.44. The van der Waals surface area contributed by atoms with Gasteiger partial charge in [-0.1, -0.05) is 0 Å². The van der Waals surface area contributed by atoms with Gasteiger partial charge < -0.3 is 0 Å². The van der Waals surface area contributed by atoms with Crippen LogP contribution in [0.4, 0.5) is 0 Å². The van der Waals surface area contributed by atoms with Gasteiger partial charge in [0.1, 0.15) is 0 Å². The van der Waals surface area contributed by atoms with Crippen LogP contribution in [0.5, 0.6) is 0 Å². The monoisotopic (exact) mass is 219 g/mol. The number of rotatable bonds is 2. The number of aliphatic hydroxyl groups is 3. The van der Waals surface area contributed by atoms with Crippen LogP contribution in [0, 0.1) is 11.5 Å². The van der Waals surface area contributed by atoms with Gasteiger partial charge in [0, 0.05) is 0 Å². The summed E-state index contributed by atoms with van der Waals surface area (Å²) in [6, 6.07) is 0. The maximum atomic E-state index is 10.1. The van der Waals surface area contributed by atoms with Crippen LogP contribution in [0.1, 0.15) is 0 Å². The zero-order chi connectivity index (χ0) is 10.6. The summed E-state index contributed by atoms with van der Waals surface area (Å²) in [6.07, 6.45) is -1.73. The number of piperidine rings is 1. The molecule has 0 aliphatic carbocycles. The first-order chi connectivity index (χ1) is 6.69. The van der Waals surface area contributed by atoms with Gasteiger partial charge >= 0.3 is 82.7 Å². The number of hydrogen-bond donors (Lipinski definition) is 3. The van der Waals surface area contributed by atoms with Crippen molar-refractivity contribution >= 4 is 7.92 Å². The van der Waals surface area contributed by atoms with Gasteiger partial charge in [0.05, 0.1) is 0 Å². The fourth-order valence-corrected chi connectivity index (χ4v) is 1.88. The summed E-state index contributed by atoms with van der Waals surface area (Å²) in [6.45, 7) is 1.01. The van der Waals surface area contributed by atoms with Crippen molar-refractivity contribution in [3.63, 3.8) is 0 Å². The molecule has 3 atom stereocenters. The Morgan fingerprint density at radius 3 is 2.71 bits per heavy atom. The minimum absolute atomic E-state index is 0.163.